The Morgan fingerprint density at radius 1 is 1.14 bits per heavy atom. The standard InChI is InChI=1S/C28H32N2O5/c1-15(2)19-14-20(16(3)13-22(19)35-6)26(31)24-25(30(11-12-34-5)28(33)27(24)32)23-17(4)29-21-10-8-7-9-18(21)23/h7-10,13-15,25,29,31H,11-12H2,1-6H3/b26-24+. The number of nitrogens with one attached hydrogen (secondary N) is 1. The maximum absolute atomic E-state index is 13.4. The molecule has 1 atom stereocenters. The molecule has 1 saturated heterocycles. The highest BCUT2D eigenvalue weighted by atomic mass is 16.5. The Morgan fingerprint density at radius 3 is 2.51 bits per heavy atom. The lowest BCUT2D eigenvalue weighted by Gasteiger charge is -2.25. The molecular formula is C28H32N2O5. The van der Waals surface area contributed by atoms with Gasteiger partial charge in [-0.1, -0.05) is 32.0 Å². The molecule has 1 amide bonds. The summed E-state index contributed by atoms with van der Waals surface area (Å²) in [4.78, 5) is 31.5. The number of ether oxygens (including phenoxy) is 2. The number of Topliss-reactive ketones (excluding diaryl/α,β-unsaturated/α-hetero) is 1. The molecule has 0 bridgehead atoms. The van der Waals surface area contributed by atoms with E-state index in [0.717, 1.165) is 39.0 Å². The molecule has 3 aromatic rings. The van der Waals surface area contributed by atoms with Crippen molar-refractivity contribution in [2.45, 2.75) is 39.7 Å². The van der Waals surface area contributed by atoms with Crippen LogP contribution in [0.15, 0.2) is 42.0 Å². The number of para-hydroxylation sites is 1. The monoisotopic (exact) mass is 476 g/mol. The van der Waals surface area contributed by atoms with Crippen LogP contribution in [0.4, 0.5) is 0 Å². The van der Waals surface area contributed by atoms with Crippen LogP contribution in [0.5, 0.6) is 5.75 Å². The van der Waals surface area contributed by atoms with Crippen LogP contribution < -0.4 is 4.74 Å². The number of H-pyrrole nitrogens is 1. The first-order chi connectivity index (χ1) is 16.7. The molecule has 2 heterocycles. The van der Waals surface area contributed by atoms with Gasteiger partial charge in [-0.3, -0.25) is 9.59 Å². The van der Waals surface area contributed by atoms with E-state index in [1.54, 1.807) is 14.2 Å². The van der Waals surface area contributed by atoms with Gasteiger partial charge < -0.3 is 24.5 Å². The van der Waals surface area contributed by atoms with E-state index in [9.17, 15) is 14.7 Å². The van der Waals surface area contributed by atoms with Crippen LogP contribution in [0.1, 0.15) is 53.8 Å². The Bertz CT molecular complexity index is 1330. The number of aromatic nitrogens is 1. The molecule has 1 aromatic heterocycles. The maximum Gasteiger partial charge on any atom is 0.295 e. The molecule has 2 N–H and O–H groups in total. The number of carbonyl (C=O) groups is 2. The van der Waals surface area contributed by atoms with E-state index in [1.165, 1.54) is 4.90 Å². The highest BCUT2D eigenvalue weighted by Gasteiger charge is 2.47. The van der Waals surface area contributed by atoms with E-state index in [0.29, 0.717) is 5.56 Å². The predicted octanol–water partition coefficient (Wildman–Crippen LogP) is 4.98. The third-order valence-electron chi connectivity index (χ3n) is 6.75. The predicted molar refractivity (Wildman–Crippen MR) is 136 cm³/mol. The summed E-state index contributed by atoms with van der Waals surface area (Å²) in [6, 6.07) is 10.7. The van der Waals surface area contributed by atoms with Crippen molar-refractivity contribution in [1.29, 1.82) is 0 Å². The first-order valence-electron chi connectivity index (χ1n) is 11.7. The molecule has 2 aromatic carbocycles. The van der Waals surface area contributed by atoms with E-state index in [-0.39, 0.29) is 30.4 Å². The zero-order valence-corrected chi connectivity index (χ0v) is 21.1. The number of nitrogens with zero attached hydrogens (tertiary/aromatic N) is 1. The Labute approximate surface area is 205 Å². The lowest BCUT2D eigenvalue weighted by molar-refractivity contribution is -0.140. The summed E-state index contributed by atoms with van der Waals surface area (Å²) in [5.74, 6) is -0.672. The minimum Gasteiger partial charge on any atom is -0.507 e. The Hall–Kier alpha value is -3.58. The molecule has 7 nitrogen and oxygen atoms in total. The molecule has 0 spiro atoms. The molecule has 0 aliphatic carbocycles. The molecule has 7 heteroatoms. The molecule has 1 aliphatic rings. The van der Waals surface area contributed by atoms with Gasteiger partial charge in [-0.05, 0) is 49.1 Å². The smallest absolute Gasteiger partial charge is 0.295 e. The number of aliphatic hydroxyl groups is 1. The van der Waals surface area contributed by atoms with Crippen molar-refractivity contribution in [3.05, 3.63) is 69.9 Å². The fourth-order valence-electron chi connectivity index (χ4n) is 4.98. The second-order valence-corrected chi connectivity index (χ2v) is 9.26. The van der Waals surface area contributed by atoms with Gasteiger partial charge in [0.15, 0.2) is 0 Å². The van der Waals surface area contributed by atoms with Gasteiger partial charge in [-0.2, -0.15) is 0 Å². The van der Waals surface area contributed by atoms with E-state index in [4.69, 9.17) is 9.47 Å². The van der Waals surface area contributed by atoms with Gasteiger partial charge in [0, 0.05) is 41.4 Å². The van der Waals surface area contributed by atoms with Gasteiger partial charge in [0.1, 0.15) is 11.5 Å². The average Bonchev–Trinajstić information content (AvgIpc) is 3.28. The minimum absolute atomic E-state index is 0.0851. The normalized spacial score (nSPS) is 17.7. The third kappa shape index (κ3) is 4.10. The fraction of sp³-hybridized carbons (Fsp3) is 0.357. The van der Waals surface area contributed by atoms with Gasteiger partial charge in [0.25, 0.3) is 11.7 Å². The Morgan fingerprint density at radius 2 is 1.86 bits per heavy atom. The molecule has 1 unspecified atom stereocenters. The summed E-state index contributed by atoms with van der Waals surface area (Å²) in [6.07, 6.45) is 0. The molecule has 1 fully saturated rings. The van der Waals surface area contributed by atoms with Gasteiger partial charge in [0.2, 0.25) is 0 Å². The summed E-state index contributed by atoms with van der Waals surface area (Å²) < 4.78 is 10.8. The van der Waals surface area contributed by atoms with Crippen molar-refractivity contribution in [3.63, 3.8) is 0 Å². The fourth-order valence-corrected chi connectivity index (χ4v) is 4.98. The quantitative estimate of drug-likeness (QED) is 0.285. The summed E-state index contributed by atoms with van der Waals surface area (Å²) in [5.41, 5.74) is 4.80. The van der Waals surface area contributed by atoms with Gasteiger partial charge >= 0.3 is 0 Å². The largest absolute Gasteiger partial charge is 0.507 e. The van der Waals surface area contributed by atoms with Gasteiger partial charge in [-0.25, -0.2) is 0 Å². The van der Waals surface area contributed by atoms with E-state index in [2.05, 4.69) is 4.98 Å². The SMILES string of the molecule is COCCN1C(=O)C(=O)/C(=C(/O)c2cc(C(C)C)c(OC)cc2C)C1c1c(C)[nH]c2ccccc12. The zero-order chi connectivity index (χ0) is 25.4. The van der Waals surface area contributed by atoms with Crippen molar-refractivity contribution in [1.82, 2.24) is 9.88 Å². The van der Waals surface area contributed by atoms with Crippen LogP contribution in [0, 0.1) is 13.8 Å². The number of rotatable bonds is 7. The second-order valence-electron chi connectivity index (χ2n) is 9.26. The van der Waals surface area contributed by atoms with Gasteiger partial charge in [0.05, 0.1) is 25.3 Å². The number of aryl methyl sites for hydroxylation is 2. The summed E-state index contributed by atoms with van der Waals surface area (Å²) >= 11 is 0. The van der Waals surface area contributed by atoms with Crippen LogP contribution in [-0.4, -0.2) is 54.1 Å². The summed E-state index contributed by atoms with van der Waals surface area (Å²) in [5, 5.41) is 12.5. The molecule has 35 heavy (non-hydrogen) atoms. The second kappa shape index (κ2) is 9.58. The van der Waals surface area contributed by atoms with Crippen LogP contribution in [0.2, 0.25) is 0 Å². The first-order valence-corrected chi connectivity index (χ1v) is 11.7. The number of methoxy groups -OCH3 is 2. The van der Waals surface area contributed by atoms with Crippen molar-refractivity contribution < 1.29 is 24.2 Å². The first kappa shape index (κ1) is 24.5. The number of benzene rings is 2. The topological polar surface area (TPSA) is 91.9 Å². The van der Waals surface area contributed by atoms with E-state index >= 15 is 0 Å². The average molecular weight is 477 g/mol. The number of amides is 1. The highest BCUT2D eigenvalue weighted by molar-refractivity contribution is 6.46. The van der Waals surface area contributed by atoms with Crippen molar-refractivity contribution in [2.75, 3.05) is 27.4 Å². The van der Waals surface area contributed by atoms with Crippen molar-refractivity contribution in [2.24, 2.45) is 0 Å². The number of hydrogen-bond acceptors (Lipinski definition) is 5. The number of hydrogen-bond donors (Lipinski definition) is 2. The molecule has 0 radical (unpaired) electrons. The van der Waals surface area contributed by atoms with Crippen molar-refractivity contribution >= 4 is 28.4 Å². The van der Waals surface area contributed by atoms with Crippen LogP contribution in [0.3, 0.4) is 0 Å². The lowest BCUT2D eigenvalue weighted by Crippen LogP contribution is -2.32. The Kier molecular flexibility index (Phi) is 6.72. The minimum atomic E-state index is -0.745. The van der Waals surface area contributed by atoms with Crippen molar-refractivity contribution in [3.8, 4) is 5.75 Å². The third-order valence-corrected chi connectivity index (χ3v) is 6.75. The number of carbonyl (C=O) groups excluding carboxylic acids is 2. The number of likely N-dealkylation sites (tertiary alicyclic amines) is 1. The number of aromatic amines is 1. The molecule has 184 valence electrons. The van der Waals surface area contributed by atoms with E-state index < -0.39 is 17.7 Å². The maximum atomic E-state index is 13.4. The molecule has 0 saturated carbocycles. The molecule has 4 rings (SSSR count). The molecule has 1 aliphatic heterocycles. The van der Waals surface area contributed by atoms with Crippen LogP contribution in [0.25, 0.3) is 16.7 Å². The number of aliphatic hydroxyl groups excluding tert-OH is 1. The summed E-state index contributed by atoms with van der Waals surface area (Å²) in [6.45, 7) is 8.34. The van der Waals surface area contributed by atoms with Gasteiger partial charge in [-0.15, -0.1) is 0 Å². The molecular weight excluding hydrogens is 444 g/mol. The lowest BCUT2D eigenvalue weighted by atomic mass is 9.90. The van der Waals surface area contributed by atoms with Crippen LogP contribution >= 0.6 is 0 Å². The van der Waals surface area contributed by atoms with Crippen LogP contribution in [-0.2, 0) is 14.3 Å². The summed E-state index contributed by atoms with van der Waals surface area (Å²) in [7, 11) is 3.16. The number of fused-ring (bicyclic) bond motifs is 1. The zero-order valence-electron chi connectivity index (χ0n) is 21.1. The Balaban J connectivity index is 2.00. The highest BCUT2D eigenvalue weighted by Crippen LogP contribution is 2.44. The van der Waals surface area contributed by atoms with E-state index in [1.807, 2.05) is 64.1 Å². The number of ketones is 1.